The van der Waals surface area contributed by atoms with Gasteiger partial charge in [-0.05, 0) is 41.8 Å². The Hall–Kier alpha value is -0.466. The highest BCUT2D eigenvalue weighted by Crippen LogP contribution is 2.41. The molecule has 1 aromatic carbocycles. The summed E-state index contributed by atoms with van der Waals surface area (Å²) in [5.41, 5.74) is 1.36. The van der Waals surface area contributed by atoms with Crippen molar-refractivity contribution in [2.24, 2.45) is 0 Å². The van der Waals surface area contributed by atoms with Crippen LogP contribution in [-0.2, 0) is 15.4 Å². The summed E-state index contributed by atoms with van der Waals surface area (Å²) in [6.45, 7) is 26.2. The smallest absolute Gasteiger partial charge is 0.192 e. The second kappa shape index (κ2) is 8.34. The zero-order valence-corrected chi connectivity index (χ0v) is 21.9. The Balaban J connectivity index is 2.19. The molecule has 2 rings (SSSR count). The van der Waals surface area contributed by atoms with Crippen molar-refractivity contribution < 1.29 is 8.85 Å². The van der Waals surface area contributed by atoms with E-state index in [0.29, 0.717) is 0 Å². The Morgan fingerprint density at radius 3 is 1.54 bits per heavy atom. The minimum absolute atomic E-state index is 0.165. The van der Waals surface area contributed by atoms with Crippen molar-refractivity contribution in [3.63, 3.8) is 0 Å². The first-order chi connectivity index (χ1) is 12.6. The van der Waals surface area contributed by atoms with E-state index < -0.39 is 16.6 Å². The van der Waals surface area contributed by atoms with Gasteiger partial charge in [0.15, 0.2) is 16.6 Å². The first-order valence-corrected chi connectivity index (χ1v) is 16.6. The first kappa shape index (κ1) is 23.8. The van der Waals surface area contributed by atoms with E-state index in [1.807, 2.05) is 0 Å². The van der Waals surface area contributed by atoms with Gasteiger partial charge < -0.3 is 8.85 Å². The molecule has 0 aliphatic carbocycles. The average molecular weight is 422 g/mol. The van der Waals surface area contributed by atoms with Crippen LogP contribution < -0.4 is 0 Å². The molecule has 1 saturated heterocycles. The molecule has 160 valence electrons. The SMILES string of the molecule is CC(C)(C)[Si](C)(C)OC1CN(Cc2ccccc2)CC1O[Si](C)(C)C(C)(C)C. The van der Waals surface area contributed by atoms with Crippen molar-refractivity contribution in [3.05, 3.63) is 35.9 Å². The summed E-state index contributed by atoms with van der Waals surface area (Å²) in [6, 6.07) is 10.8. The number of rotatable bonds is 6. The fourth-order valence-corrected chi connectivity index (χ4v) is 5.80. The molecule has 2 atom stereocenters. The van der Waals surface area contributed by atoms with Gasteiger partial charge in [-0.1, -0.05) is 71.9 Å². The monoisotopic (exact) mass is 421 g/mol. The fourth-order valence-electron chi connectivity index (χ4n) is 3.13. The summed E-state index contributed by atoms with van der Waals surface area (Å²) in [4.78, 5) is 2.52. The number of nitrogens with zero attached hydrogens (tertiary/aromatic N) is 1. The highest BCUT2D eigenvalue weighted by molar-refractivity contribution is 6.74. The molecule has 0 amide bonds. The van der Waals surface area contributed by atoms with Crippen LogP contribution in [0.2, 0.25) is 36.3 Å². The van der Waals surface area contributed by atoms with Gasteiger partial charge in [0.25, 0.3) is 0 Å². The number of likely N-dealkylation sites (tertiary alicyclic amines) is 1. The van der Waals surface area contributed by atoms with Gasteiger partial charge in [0, 0.05) is 19.6 Å². The van der Waals surface area contributed by atoms with Crippen molar-refractivity contribution in [1.29, 1.82) is 0 Å². The van der Waals surface area contributed by atoms with Gasteiger partial charge in [0.05, 0.1) is 12.2 Å². The highest BCUT2D eigenvalue weighted by atomic mass is 28.4. The third-order valence-electron chi connectivity index (χ3n) is 7.04. The van der Waals surface area contributed by atoms with Crippen molar-refractivity contribution in [2.75, 3.05) is 13.1 Å². The molecule has 1 fully saturated rings. The van der Waals surface area contributed by atoms with E-state index >= 15 is 0 Å². The summed E-state index contributed by atoms with van der Waals surface area (Å²) in [7, 11) is -3.69. The molecule has 0 bridgehead atoms. The van der Waals surface area contributed by atoms with Crippen LogP contribution in [0.4, 0.5) is 0 Å². The molecule has 1 aromatic rings. The maximum absolute atomic E-state index is 6.90. The van der Waals surface area contributed by atoms with Gasteiger partial charge in [0.2, 0.25) is 0 Å². The van der Waals surface area contributed by atoms with E-state index in [2.05, 4.69) is 103 Å². The van der Waals surface area contributed by atoms with Crippen LogP contribution >= 0.6 is 0 Å². The van der Waals surface area contributed by atoms with Crippen LogP contribution in [0.1, 0.15) is 47.1 Å². The molecule has 0 aromatic heterocycles. The van der Waals surface area contributed by atoms with Crippen LogP contribution in [0.5, 0.6) is 0 Å². The molecule has 2 unspecified atom stereocenters. The Bertz CT molecular complexity index is 596. The minimum Gasteiger partial charge on any atom is -0.410 e. The predicted octanol–water partition coefficient (Wildman–Crippen LogP) is 6.28. The van der Waals surface area contributed by atoms with Crippen LogP contribution in [-0.4, -0.2) is 46.8 Å². The third kappa shape index (κ3) is 5.79. The van der Waals surface area contributed by atoms with E-state index in [0.717, 1.165) is 19.6 Å². The fraction of sp³-hybridized carbons (Fsp3) is 0.739. The zero-order chi connectivity index (χ0) is 21.4. The van der Waals surface area contributed by atoms with E-state index in [9.17, 15) is 0 Å². The van der Waals surface area contributed by atoms with Gasteiger partial charge in [-0.3, -0.25) is 4.90 Å². The molecule has 1 aliphatic rings. The normalized spacial score (nSPS) is 22.6. The maximum Gasteiger partial charge on any atom is 0.192 e. The molecule has 28 heavy (non-hydrogen) atoms. The van der Waals surface area contributed by atoms with Gasteiger partial charge in [0.1, 0.15) is 0 Å². The summed E-state index contributed by atoms with van der Waals surface area (Å²) in [5.74, 6) is 0. The Kier molecular flexibility index (Phi) is 7.09. The molecule has 5 heteroatoms. The lowest BCUT2D eigenvalue weighted by molar-refractivity contribution is 0.0713. The van der Waals surface area contributed by atoms with Crippen molar-refractivity contribution in [1.82, 2.24) is 4.90 Å². The molecule has 1 aliphatic heterocycles. The molecule has 1 heterocycles. The number of benzene rings is 1. The summed E-state index contributed by atoms with van der Waals surface area (Å²) in [6.07, 6.45) is 0.331. The maximum atomic E-state index is 6.90. The molecule has 0 radical (unpaired) electrons. The van der Waals surface area contributed by atoms with Crippen molar-refractivity contribution >= 4 is 16.6 Å². The lowest BCUT2D eigenvalue weighted by Gasteiger charge is -2.43. The molecular weight excluding hydrogens is 378 g/mol. The quantitative estimate of drug-likeness (QED) is 0.504. The van der Waals surface area contributed by atoms with Gasteiger partial charge in [-0.25, -0.2) is 0 Å². The molecule has 0 saturated carbocycles. The largest absolute Gasteiger partial charge is 0.410 e. The van der Waals surface area contributed by atoms with Crippen LogP contribution in [0.3, 0.4) is 0 Å². The first-order valence-electron chi connectivity index (χ1n) is 10.7. The minimum atomic E-state index is -1.85. The Morgan fingerprint density at radius 1 is 0.786 bits per heavy atom. The zero-order valence-electron chi connectivity index (χ0n) is 19.9. The lowest BCUT2D eigenvalue weighted by Crippen LogP contribution is -2.51. The van der Waals surface area contributed by atoms with Crippen LogP contribution in [0, 0.1) is 0 Å². The van der Waals surface area contributed by atoms with E-state index in [-0.39, 0.29) is 22.3 Å². The summed E-state index contributed by atoms with van der Waals surface area (Å²) in [5, 5.41) is 0.419. The Morgan fingerprint density at radius 2 is 1.18 bits per heavy atom. The molecule has 0 N–H and O–H groups in total. The van der Waals surface area contributed by atoms with E-state index in [1.165, 1.54) is 5.56 Å². The second-order valence-electron chi connectivity index (χ2n) is 11.5. The lowest BCUT2D eigenvalue weighted by atomic mass is 10.2. The van der Waals surface area contributed by atoms with Crippen molar-refractivity contribution in [2.45, 2.75) is 96.6 Å². The predicted molar refractivity (Wildman–Crippen MR) is 126 cm³/mol. The Labute approximate surface area is 176 Å². The molecule has 3 nitrogen and oxygen atoms in total. The number of hydrogen-bond donors (Lipinski definition) is 0. The highest BCUT2D eigenvalue weighted by Gasteiger charge is 2.47. The van der Waals surface area contributed by atoms with Crippen molar-refractivity contribution in [3.8, 4) is 0 Å². The number of hydrogen-bond acceptors (Lipinski definition) is 3. The van der Waals surface area contributed by atoms with E-state index in [1.54, 1.807) is 0 Å². The van der Waals surface area contributed by atoms with Gasteiger partial charge in [-0.2, -0.15) is 0 Å². The molecular formula is C23H43NO2Si2. The topological polar surface area (TPSA) is 21.7 Å². The van der Waals surface area contributed by atoms with Gasteiger partial charge in [-0.15, -0.1) is 0 Å². The average Bonchev–Trinajstić information content (AvgIpc) is 2.86. The third-order valence-corrected chi connectivity index (χ3v) is 16.1. The molecule has 0 spiro atoms. The second-order valence-corrected chi connectivity index (χ2v) is 21.0. The van der Waals surface area contributed by atoms with Gasteiger partial charge >= 0.3 is 0 Å². The van der Waals surface area contributed by atoms with Crippen LogP contribution in [0.25, 0.3) is 0 Å². The standard InChI is InChI=1S/C23H43NO2Si2/c1-22(2,3)27(7,8)25-20-17-24(16-19-14-12-11-13-15-19)18-21(20)26-28(9,10)23(4,5)6/h11-15,20-21H,16-18H2,1-10H3. The summed E-state index contributed by atoms with van der Waals surface area (Å²) >= 11 is 0. The van der Waals surface area contributed by atoms with E-state index in [4.69, 9.17) is 8.85 Å². The summed E-state index contributed by atoms with van der Waals surface area (Å²) < 4.78 is 13.8. The van der Waals surface area contributed by atoms with Crippen LogP contribution in [0.15, 0.2) is 30.3 Å².